The number of Topliss-reactive ketones (excluding diaryl/α,β-unsaturated/α-hetero) is 1. The van der Waals surface area contributed by atoms with E-state index in [1.54, 1.807) is 36.4 Å². The zero-order valence-electron chi connectivity index (χ0n) is 12.1. The number of nitrogens with zero attached hydrogens (tertiary/aromatic N) is 3. The van der Waals surface area contributed by atoms with Crippen LogP contribution < -0.4 is 5.56 Å². The largest absolute Gasteiger partial charge is 0.456 e. The van der Waals surface area contributed by atoms with E-state index in [1.807, 2.05) is 0 Å². The monoisotopic (exact) mass is 363 g/mol. The van der Waals surface area contributed by atoms with Crippen LogP contribution in [0.5, 0.6) is 0 Å². The summed E-state index contributed by atoms with van der Waals surface area (Å²) in [4.78, 5) is 36.2. The first-order valence-corrected chi connectivity index (χ1v) is 8.01. The summed E-state index contributed by atoms with van der Waals surface area (Å²) in [5, 5.41) is 7.91. The van der Waals surface area contributed by atoms with Crippen molar-refractivity contribution in [1.82, 2.24) is 15.0 Å². The van der Waals surface area contributed by atoms with Crippen LogP contribution in [0.2, 0.25) is 4.34 Å². The van der Waals surface area contributed by atoms with E-state index in [0.717, 1.165) is 16.0 Å². The lowest BCUT2D eigenvalue weighted by atomic mass is 10.2. The standard InChI is InChI=1S/C15H10ClN3O4S/c16-13-6-5-12(24-13)11(20)8-23-14(21)7-19-15(22)9-3-1-2-4-10(9)17-18-19/h1-6H,7-8H2. The van der Waals surface area contributed by atoms with Crippen molar-refractivity contribution < 1.29 is 14.3 Å². The molecular weight excluding hydrogens is 354 g/mol. The number of fused-ring (bicyclic) bond motifs is 1. The highest BCUT2D eigenvalue weighted by Gasteiger charge is 2.14. The van der Waals surface area contributed by atoms with Crippen LogP contribution in [0.4, 0.5) is 0 Å². The Morgan fingerprint density at radius 2 is 2.00 bits per heavy atom. The summed E-state index contributed by atoms with van der Waals surface area (Å²) < 4.78 is 6.26. The van der Waals surface area contributed by atoms with Crippen molar-refractivity contribution in [3.8, 4) is 0 Å². The Labute approximate surface area is 144 Å². The first-order valence-electron chi connectivity index (χ1n) is 6.81. The Morgan fingerprint density at radius 1 is 1.21 bits per heavy atom. The van der Waals surface area contributed by atoms with Gasteiger partial charge in [-0.15, -0.1) is 16.4 Å². The summed E-state index contributed by atoms with van der Waals surface area (Å²) in [6.45, 7) is -0.847. The van der Waals surface area contributed by atoms with Gasteiger partial charge in [-0.05, 0) is 24.3 Å². The zero-order chi connectivity index (χ0) is 17.1. The quantitative estimate of drug-likeness (QED) is 0.508. The normalized spacial score (nSPS) is 10.7. The Balaban J connectivity index is 1.66. The minimum Gasteiger partial charge on any atom is -0.456 e. The smallest absolute Gasteiger partial charge is 0.328 e. The fraction of sp³-hybridized carbons (Fsp3) is 0.133. The van der Waals surface area contributed by atoms with Crippen molar-refractivity contribution in [3.63, 3.8) is 0 Å². The summed E-state index contributed by atoms with van der Waals surface area (Å²) in [6, 6.07) is 9.82. The Bertz CT molecular complexity index is 982. The molecule has 0 aliphatic rings. The third kappa shape index (κ3) is 3.50. The van der Waals surface area contributed by atoms with Crippen LogP contribution in [0.1, 0.15) is 9.67 Å². The van der Waals surface area contributed by atoms with Crippen molar-refractivity contribution >= 4 is 45.6 Å². The second-order valence-electron chi connectivity index (χ2n) is 4.76. The highest BCUT2D eigenvalue weighted by molar-refractivity contribution is 7.18. The van der Waals surface area contributed by atoms with Gasteiger partial charge >= 0.3 is 5.97 Å². The minimum atomic E-state index is -0.752. The number of benzene rings is 1. The molecule has 2 heterocycles. The van der Waals surface area contributed by atoms with E-state index in [0.29, 0.717) is 20.1 Å². The molecule has 122 valence electrons. The predicted octanol–water partition coefficient (Wildman–Crippen LogP) is 1.93. The molecule has 0 aliphatic heterocycles. The molecule has 0 saturated carbocycles. The summed E-state index contributed by atoms with van der Waals surface area (Å²) in [7, 11) is 0. The molecule has 9 heteroatoms. The number of hydrogen-bond acceptors (Lipinski definition) is 7. The maximum Gasteiger partial charge on any atom is 0.328 e. The number of esters is 1. The molecule has 0 bridgehead atoms. The van der Waals surface area contributed by atoms with Crippen LogP contribution in [0.3, 0.4) is 0 Å². The number of ketones is 1. The summed E-state index contributed by atoms with van der Waals surface area (Å²) in [5.74, 6) is -1.12. The number of halogens is 1. The van der Waals surface area contributed by atoms with E-state index < -0.39 is 24.7 Å². The lowest BCUT2D eigenvalue weighted by molar-refractivity contribution is -0.143. The van der Waals surface area contributed by atoms with E-state index in [1.165, 1.54) is 0 Å². The molecule has 0 aliphatic carbocycles. The van der Waals surface area contributed by atoms with Gasteiger partial charge in [0, 0.05) is 0 Å². The molecule has 0 saturated heterocycles. The van der Waals surface area contributed by atoms with Gasteiger partial charge in [0.15, 0.2) is 6.61 Å². The molecule has 0 unspecified atom stereocenters. The maximum atomic E-state index is 12.2. The number of thiophene rings is 1. The molecule has 24 heavy (non-hydrogen) atoms. The Kier molecular flexibility index (Phi) is 4.68. The van der Waals surface area contributed by atoms with Crippen molar-refractivity contribution in [2.24, 2.45) is 0 Å². The fourth-order valence-corrected chi connectivity index (χ4v) is 2.94. The van der Waals surface area contributed by atoms with Gasteiger partial charge in [-0.1, -0.05) is 28.9 Å². The molecule has 0 radical (unpaired) electrons. The van der Waals surface area contributed by atoms with Crippen molar-refractivity contribution in [2.45, 2.75) is 6.54 Å². The van der Waals surface area contributed by atoms with Gasteiger partial charge in [-0.2, -0.15) is 4.68 Å². The van der Waals surface area contributed by atoms with Gasteiger partial charge in [0.25, 0.3) is 5.56 Å². The van der Waals surface area contributed by atoms with Gasteiger partial charge < -0.3 is 4.74 Å². The number of aromatic nitrogens is 3. The number of carbonyl (C=O) groups is 2. The van der Waals surface area contributed by atoms with Crippen LogP contribution >= 0.6 is 22.9 Å². The van der Waals surface area contributed by atoms with E-state index in [2.05, 4.69) is 10.3 Å². The third-order valence-electron chi connectivity index (χ3n) is 3.12. The van der Waals surface area contributed by atoms with Gasteiger partial charge in [0.05, 0.1) is 14.6 Å². The molecule has 0 atom stereocenters. The molecule has 3 rings (SSSR count). The Morgan fingerprint density at radius 3 is 2.75 bits per heavy atom. The van der Waals surface area contributed by atoms with Gasteiger partial charge in [0.1, 0.15) is 12.1 Å². The van der Waals surface area contributed by atoms with Crippen molar-refractivity contribution in [2.75, 3.05) is 6.61 Å². The highest BCUT2D eigenvalue weighted by Crippen LogP contribution is 2.21. The second-order valence-corrected chi connectivity index (χ2v) is 6.47. The summed E-state index contributed by atoms with van der Waals surface area (Å²) in [6.07, 6.45) is 0. The molecule has 0 amide bonds. The van der Waals surface area contributed by atoms with Crippen LogP contribution in [0.15, 0.2) is 41.2 Å². The topological polar surface area (TPSA) is 91.2 Å². The van der Waals surface area contributed by atoms with Gasteiger partial charge in [-0.3, -0.25) is 14.4 Å². The lowest BCUT2D eigenvalue weighted by Crippen LogP contribution is -2.29. The van der Waals surface area contributed by atoms with Crippen LogP contribution in [0.25, 0.3) is 10.9 Å². The second kappa shape index (κ2) is 6.90. The van der Waals surface area contributed by atoms with Gasteiger partial charge in [0.2, 0.25) is 5.78 Å². The highest BCUT2D eigenvalue weighted by atomic mass is 35.5. The zero-order valence-corrected chi connectivity index (χ0v) is 13.7. The van der Waals surface area contributed by atoms with E-state index in [9.17, 15) is 14.4 Å². The van der Waals surface area contributed by atoms with Crippen LogP contribution in [0, 0.1) is 0 Å². The predicted molar refractivity (Wildman–Crippen MR) is 88.4 cm³/mol. The van der Waals surface area contributed by atoms with Gasteiger partial charge in [-0.25, -0.2) is 0 Å². The fourth-order valence-electron chi connectivity index (χ4n) is 1.98. The average molecular weight is 364 g/mol. The molecule has 0 fully saturated rings. The van der Waals surface area contributed by atoms with E-state index in [4.69, 9.17) is 16.3 Å². The Hall–Kier alpha value is -2.58. The molecule has 0 spiro atoms. The number of rotatable bonds is 5. The SMILES string of the molecule is O=C(Cn1nnc2ccccc2c1=O)OCC(=O)c1ccc(Cl)s1. The van der Waals surface area contributed by atoms with Crippen LogP contribution in [-0.4, -0.2) is 33.4 Å². The molecule has 3 aromatic rings. The number of ether oxygens (including phenoxy) is 1. The first-order chi connectivity index (χ1) is 11.5. The van der Waals surface area contributed by atoms with Crippen LogP contribution in [-0.2, 0) is 16.1 Å². The molecular formula is C15H10ClN3O4S. The molecule has 0 N–H and O–H groups in total. The minimum absolute atomic E-state index is 0.351. The van der Waals surface area contributed by atoms with E-state index in [-0.39, 0.29) is 5.78 Å². The molecule has 7 nitrogen and oxygen atoms in total. The average Bonchev–Trinajstić information content (AvgIpc) is 3.02. The third-order valence-corrected chi connectivity index (χ3v) is 4.39. The lowest BCUT2D eigenvalue weighted by Gasteiger charge is -2.05. The van der Waals surface area contributed by atoms with Crippen molar-refractivity contribution in [3.05, 3.63) is 56.0 Å². The number of carbonyl (C=O) groups excluding carboxylic acids is 2. The molecule has 1 aromatic carbocycles. The molecule has 2 aromatic heterocycles. The first kappa shape index (κ1) is 16.3. The van der Waals surface area contributed by atoms with Crippen molar-refractivity contribution in [1.29, 1.82) is 0 Å². The summed E-state index contributed by atoms with van der Waals surface area (Å²) in [5.41, 5.74) is -0.00853. The summed E-state index contributed by atoms with van der Waals surface area (Å²) >= 11 is 6.85. The van der Waals surface area contributed by atoms with E-state index >= 15 is 0 Å². The maximum absolute atomic E-state index is 12.2. The number of hydrogen-bond donors (Lipinski definition) is 0.